The summed E-state index contributed by atoms with van der Waals surface area (Å²) in [6.07, 6.45) is -3.43. The highest BCUT2D eigenvalue weighted by Crippen LogP contribution is 2.33. The SMILES string of the molecule is N#CC(=CNc1ccc2c(c1)OCCO2)C(=O)c1cccc(C(F)(F)F)c1. The molecule has 0 saturated carbocycles. The topological polar surface area (TPSA) is 71.3 Å². The first-order valence-electron chi connectivity index (χ1n) is 7.87. The van der Waals surface area contributed by atoms with E-state index in [2.05, 4.69) is 5.32 Å². The Labute approximate surface area is 152 Å². The summed E-state index contributed by atoms with van der Waals surface area (Å²) in [5.74, 6) is 0.285. The largest absolute Gasteiger partial charge is 0.486 e. The number of allylic oxidation sites excluding steroid dienone is 1. The Hall–Kier alpha value is -3.47. The zero-order chi connectivity index (χ0) is 19.4. The number of hydrogen-bond acceptors (Lipinski definition) is 5. The standard InChI is InChI=1S/C19H13F3N2O3/c20-19(21,22)14-3-1-2-12(8-14)18(25)13(10-23)11-24-15-4-5-16-17(9-15)27-7-6-26-16/h1-5,8-9,11,24H,6-7H2. The Bertz CT molecular complexity index is 946. The summed E-state index contributed by atoms with van der Waals surface area (Å²) < 4.78 is 49.2. The average molecular weight is 374 g/mol. The molecule has 0 unspecified atom stereocenters. The molecule has 5 nitrogen and oxygen atoms in total. The van der Waals surface area contributed by atoms with Crippen molar-refractivity contribution in [3.63, 3.8) is 0 Å². The van der Waals surface area contributed by atoms with Crippen molar-refractivity contribution in [2.45, 2.75) is 6.18 Å². The Balaban J connectivity index is 1.80. The molecule has 2 aromatic rings. The van der Waals surface area contributed by atoms with Crippen LogP contribution in [0.25, 0.3) is 0 Å². The number of rotatable bonds is 4. The normalized spacial score (nSPS) is 13.6. The fourth-order valence-corrected chi connectivity index (χ4v) is 2.43. The summed E-state index contributed by atoms with van der Waals surface area (Å²) in [5.41, 5.74) is -0.972. The number of nitrogens with zero attached hydrogens (tertiary/aromatic N) is 1. The molecule has 0 saturated heterocycles. The smallest absolute Gasteiger partial charge is 0.416 e. The summed E-state index contributed by atoms with van der Waals surface area (Å²) in [6, 6.07) is 10.6. The fourth-order valence-electron chi connectivity index (χ4n) is 2.43. The van der Waals surface area contributed by atoms with Crippen LogP contribution in [0, 0.1) is 11.3 Å². The maximum atomic E-state index is 12.8. The van der Waals surface area contributed by atoms with E-state index >= 15 is 0 Å². The van der Waals surface area contributed by atoms with Gasteiger partial charge in [-0.2, -0.15) is 18.4 Å². The van der Waals surface area contributed by atoms with Crippen LogP contribution in [-0.4, -0.2) is 19.0 Å². The second-order valence-electron chi connectivity index (χ2n) is 5.58. The van der Waals surface area contributed by atoms with Crippen LogP contribution in [0.15, 0.2) is 54.2 Å². The van der Waals surface area contributed by atoms with Crippen LogP contribution in [0.3, 0.4) is 0 Å². The number of benzene rings is 2. The summed E-state index contributed by atoms with van der Waals surface area (Å²) in [7, 11) is 0. The van der Waals surface area contributed by atoms with Gasteiger partial charge in [0.05, 0.1) is 5.56 Å². The highest BCUT2D eigenvalue weighted by molar-refractivity contribution is 6.11. The van der Waals surface area contributed by atoms with Gasteiger partial charge in [0, 0.05) is 23.5 Å². The van der Waals surface area contributed by atoms with Crippen molar-refractivity contribution in [2.75, 3.05) is 18.5 Å². The third kappa shape index (κ3) is 4.20. The van der Waals surface area contributed by atoms with Crippen molar-refractivity contribution in [3.8, 4) is 17.6 Å². The van der Waals surface area contributed by atoms with Crippen molar-refractivity contribution in [1.82, 2.24) is 0 Å². The van der Waals surface area contributed by atoms with Gasteiger partial charge in [0.25, 0.3) is 0 Å². The minimum atomic E-state index is -4.57. The van der Waals surface area contributed by atoms with E-state index in [4.69, 9.17) is 9.47 Å². The van der Waals surface area contributed by atoms with E-state index in [1.54, 1.807) is 24.3 Å². The van der Waals surface area contributed by atoms with Crippen LogP contribution >= 0.6 is 0 Å². The van der Waals surface area contributed by atoms with Crippen molar-refractivity contribution < 1.29 is 27.4 Å². The van der Waals surface area contributed by atoms with Gasteiger partial charge in [0.1, 0.15) is 24.9 Å². The molecule has 8 heteroatoms. The van der Waals surface area contributed by atoms with E-state index < -0.39 is 17.5 Å². The molecule has 1 aliphatic heterocycles. The van der Waals surface area contributed by atoms with Gasteiger partial charge in [-0.05, 0) is 24.3 Å². The average Bonchev–Trinajstić information content (AvgIpc) is 2.67. The van der Waals surface area contributed by atoms with Gasteiger partial charge in [0.15, 0.2) is 11.5 Å². The van der Waals surface area contributed by atoms with Crippen LogP contribution in [0.5, 0.6) is 11.5 Å². The maximum absolute atomic E-state index is 12.8. The molecule has 0 aromatic heterocycles. The minimum absolute atomic E-state index is 0.221. The number of Topliss-reactive ketones (excluding diaryl/α,β-unsaturated/α-hetero) is 1. The van der Waals surface area contributed by atoms with Crippen LogP contribution in [0.4, 0.5) is 18.9 Å². The van der Waals surface area contributed by atoms with Gasteiger partial charge in [-0.25, -0.2) is 0 Å². The lowest BCUT2D eigenvalue weighted by atomic mass is 10.0. The molecule has 0 bridgehead atoms. The molecule has 138 valence electrons. The Morgan fingerprint density at radius 1 is 1.11 bits per heavy atom. The molecular formula is C19H13F3N2O3. The highest BCUT2D eigenvalue weighted by Gasteiger charge is 2.31. The van der Waals surface area contributed by atoms with Crippen LogP contribution in [0.2, 0.25) is 0 Å². The van der Waals surface area contributed by atoms with Gasteiger partial charge >= 0.3 is 6.18 Å². The number of anilines is 1. The van der Waals surface area contributed by atoms with Crippen molar-refractivity contribution in [3.05, 3.63) is 65.4 Å². The predicted octanol–water partition coefficient (Wildman–Crippen LogP) is 4.18. The van der Waals surface area contributed by atoms with Crippen molar-refractivity contribution >= 4 is 11.5 Å². The number of carbonyl (C=O) groups is 1. The molecular weight excluding hydrogens is 361 g/mol. The number of carbonyl (C=O) groups excluding carboxylic acids is 1. The zero-order valence-electron chi connectivity index (χ0n) is 13.8. The molecule has 0 aliphatic carbocycles. The lowest BCUT2D eigenvalue weighted by Gasteiger charge is -2.18. The summed E-state index contributed by atoms with van der Waals surface area (Å²) in [6.45, 7) is 0.855. The molecule has 0 radical (unpaired) electrons. The van der Waals surface area contributed by atoms with E-state index in [9.17, 15) is 23.2 Å². The number of alkyl halides is 3. The second-order valence-corrected chi connectivity index (χ2v) is 5.58. The number of fused-ring (bicyclic) bond motifs is 1. The van der Waals surface area contributed by atoms with Crippen LogP contribution in [-0.2, 0) is 6.18 Å². The van der Waals surface area contributed by atoms with Gasteiger partial charge in [-0.15, -0.1) is 0 Å². The molecule has 1 N–H and O–H groups in total. The molecule has 0 fully saturated rings. The van der Waals surface area contributed by atoms with Gasteiger partial charge < -0.3 is 14.8 Å². The Morgan fingerprint density at radius 3 is 2.56 bits per heavy atom. The third-order valence-electron chi connectivity index (χ3n) is 3.74. The van der Waals surface area contributed by atoms with Gasteiger partial charge in [0.2, 0.25) is 5.78 Å². The molecule has 1 aliphatic rings. The summed E-state index contributed by atoms with van der Waals surface area (Å²) in [4.78, 5) is 12.4. The first-order chi connectivity index (χ1) is 12.9. The van der Waals surface area contributed by atoms with Crippen molar-refractivity contribution in [1.29, 1.82) is 5.26 Å². The zero-order valence-corrected chi connectivity index (χ0v) is 13.8. The summed E-state index contributed by atoms with van der Waals surface area (Å²) in [5, 5.41) is 12.0. The lowest BCUT2D eigenvalue weighted by Crippen LogP contribution is -2.15. The van der Waals surface area contributed by atoms with Crippen LogP contribution in [0.1, 0.15) is 15.9 Å². The molecule has 3 rings (SSSR count). The third-order valence-corrected chi connectivity index (χ3v) is 3.74. The molecule has 27 heavy (non-hydrogen) atoms. The number of halogens is 3. The monoisotopic (exact) mass is 374 g/mol. The van der Waals surface area contributed by atoms with E-state index in [0.29, 0.717) is 30.4 Å². The van der Waals surface area contributed by atoms with E-state index in [0.717, 1.165) is 24.4 Å². The first kappa shape index (κ1) is 18.3. The highest BCUT2D eigenvalue weighted by atomic mass is 19.4. The fraction of sp³-hybridized carbons (Fsp3) is 0.158. The first-order valence-corrected chi connectivity index (χ1v) is 7.87. The van der Waals surface area contributed by atoms with Gasteiger partial charge in [-0.1, -0.05) is 12.1 Å². The van der Waals surface area contributed by atoms with Crippen LogP contribution < -0.4 is 14.8 Å². The lowest BCUT2D eigenvalue weighted by molar-refractivity contribution is -0.137. The van der Waals surface area contributed by atoms with E-state index in [1.807, 2.05) is 0 Å². The number of nitriles is 1. The number of ketones is 1. The van der Waals surface area contributed by atoms with Gasteiger partial charge in [-0.3, -0.25) is 4.79 Å². The molecule has 2 aromatic carbocycles. The van der Waals surface area contributed by atoms with E-state index in [1.165, 1.54) is 6.07 Å². The number of hydrogen-bond donors (Lipinski definition) is 1. The maximum Gasteiger partial charge on any atom is 0.416 e. The molecule has 1 heterocycles. The minimum Gasteiger partial charge on any atom is -0.486 e. The molecule has 0 spiro atoms. The Kier molecular flexibility index (Phi) is 5.03. The van der Waals surface area contributed by atoms with Crippen molar-refractivity contribution in [2.24, 2.45) is 0 Å². The quantitative estimate of drug-likeness (QED) is 0.494. The summed E-state index contributed by atoms with van der Waals surface area (Å²) >= 11 is 0. The predicted molar refractivity (Wildman–Crippen MR) is 90.5 cm³/mol. The number of nitrogens with one attached hydrogen (secondary N) is 1. The number of ether oxygens (including phenoxy) is 2. The van der Waals surface area contributed by atoms with E-state index in [-0.39, 0.29) is 11.1 Å². The Morgan fingerprint density at radius 2 is 1.85 bits per heavy atom. The molecule has 0 atom stereocenters. The second kappa shape index (κ2) is 7.41. The molecule has 0 amide bonds.